The lowest BCUT2D eigenvalue weighted by atomic mass is 10.3. The fourth-order valence-electron chi connectivity index (χ4n) is 2.19. The van der Waals surface area contributed by atoms with Gasteiger partial charge in [-0.05, 0) is 72.3 Å². The average molecular weight is 497 g/mol. The van der Waals surface area contributed by atoms with Gasteiger partial charge in [0.15, 0.2) is 25.0 Å². The lowest BCUT2D eigenvalue weighted by Crippen LogP contribution is -2.63. The maximum Gasteiger partial charge on any atom is 0.647 e. The summed E-state index contributed by atoms with van der Waals surface area (Å²) in [5, 5.41) is 0. The first-order valence-electron chi connectivity index (χ1n) is 10.6. The second-order valence-electron chi connectivity index (χ2n) is 10.3. The Bertz CT molecular complexity index is 510. The van der Waals surface area contributed by atoms with Gasteiger partial charge in [-0.1, -0.05) is 13.5 Å². The van der Waals surface area contributed by atoms with Gasteiger partial charge in [0.05, 0.1) is 6.61 Å². The first-order valence-corrected chi connectivity index (χ1v) is 22.4. The van der Waals surface area contributed by atoms with Gasteiger partial charge in [-0.2, -0.15) is 0 Å². The van der Waals surface area contributed by atoms with Crippen LogP contribution in [-0.2, 0) is 31.0 Å². The van der Waals surface area contributed by atoms with Crippen LogP contribution < -0.4 is 0 Å². The topological polar surface area (TPSA) is 72.5 Å². The van der Waals surface area contributed by atoms with Gasteiger partial charge in [-0.15, -0.1) is 0 Å². The Hall–Kier alpha value is -0.122. The standard InChI is InChI=1S/C19H44O7Si4/c1-13-14-21-18(15-22-19(20)17(2)3)16-23-30(24-27(4,5)6,25-28(7,8)9)26-29(10,11)12/h18H,2,13-16H2,1,3-12H3. The van der Waals surface area contributed by atoms with E-state index in [1.807, 2.05) is 6.92 Å². The van der Waals surface area contributed by atoms with Crippen LogP contribution in [0.5, 0.6) is 0 Å². The van der Waals surface area contributed by atoms with Crippen molar-refractivity contribution < 1.29 is 31.0 Å². The van der Waals surface area contributed by atoms with Crippen LogP contribution in [0.1, 0.15) is 20.3 Å². The molecule has 178 valence electrons. The van der Waals surface area contributed by atoms with E-state index < -0.39 is 46.1 Å². The Balaban J connectivity index is 5.65. The van der Waals surface area contributed by atoms with Gasteiger partial charge < -0.3 is 26.2 Å². The first-order chi connectivity index (χ1) is 13.4. The van der Waals surface area contributed by atoms with Gasteiger partial charge in [0, 0.05) is 12.2 Å². The number of carbonyl (C=O) groups is 1. The van der Waals surface area contributed by atoms with E-state index in [0.29, 0.717) is 12.2 Å². The third kappa shape index (κ3) is 14.8. The highest BCUT2D eigenvalue weighted by Crippen LogP contribution is 2.27. The number of esters is 1. The van der Waals surface area contributed by atoms with Crippen molar-refractivity contribution in [2.24, 2.45) is 0 Å². The lowest BCUT2D eigenvalue weighted by Gasteiger charge is -2.41. The predicted octanol–water partition coefficient (Wildman–Crippen LogP) is 4.91. The molecule has 1 atom stereocenters. The normalized spacial score (nSPS) is 14.5. The Kier molecular flexibility index (Phi) is 12.2. The Morgan fingerprint density at radius 1 is 0.833 bits per heavy atom. The van der Waals surface area contributed by atoms with Gasteiger partial charge in [0.1, 0.15) is 12.7 Å². The largest absolute Gasteiger partial charge is 0.647 e. The van der Waals surface area contributed by atoms with Gasteiger partial charge in [-0.25, -0.2) is 4.79 Å². The fraction of sp³-hybridized carbons (Fsp3) is 0.842. The second-order valence-corrected chi connectivity index (χ2v) is 26.7. The molecule has 30 heavy (non-hydrogen) atoms. The Morgan fingerprint density at radius 2 is 1.27 bits per heavy atom. The van der Waals surface area contributed by atoms with Crippen LogP contribution in [0.3, 0.4) is 0 Å². The molecule has 0 bridgehead atoms. The second kappa shape index (κ2) is 12.2. The molecule has 0 fully saturated rings. The number of rotatable bonds is 15. The maximum atomic E-state index is 11.8. The Morgan fingerprint density at radius 3 is 1.60 bits per heavy atom. The predicted molar refractivity (Wildman–Crippen MR) is 131 cm³/mol. The van der Waals surface area contributed by atoms with Gasteiger partial charge >= 0.3 is 15.0 Å². The van der Waals surface area contributed by atoms with Crippen molar-refractivity contribution in [3.05, 3.63) is 12.2 Å². The van der Waals surface area contributed by atoms with Crippen molar-refractivity contribution in [1.82, 2.24) is 0 Å². The van der Waals surface area contributed by atoms with E-state index in [1.54, 1.807) is 6.92 Å². The summed E-state index contributed by atoms with van der Waals surface area (Å²) in [6, 6.07) is 0. The van der Waals surface area contributed by atoms with Crippen LogP contribution in [0, 0.1) is 0 Å². The highest BCUT2D eigenvalue weighted by atomic mass is 28.5. The molecule has 0 aliphatic rings. The van der Waals surface area contributed by atoms with Crippen molar-refractivity contribution in [2.75, 3.05) is 19.8 Å². The third-order valence-electron chi connectivity index (χ3n) is 3.05. The van der Waals surface area contributed by atoms with E-state index in [1.165, 1.54) is 0 Å². The Labute approximate surface area is 188 Å². The molecule has 0 spiro atoms. The molecule has 7 nitrogen and oxygen atoms in total. The van der Waals surface area contributed by atoms with E-state index in [2.05, 4.69) is 65.5 Å². The highest BCUT2D eigenvalue weighted by molar-refractivity contribution is 6.87. The minimum absolute atomic E-state index is 0.0724. The van der Waals surface area contributed by atoms with E-state index in [4.69, 9.17) is 26.2 Å². The van der Waals surface area contributed by atoms with Crippen molar-refractivity contribution in [3.63, 3.8) is 0 Å². The minimum Gasteiger partial charge on any atom is -0.459 e. The molecule has 0 aliphatic carbocycles. The quantitative estimate of drug-likeness (QED) is 0.181. The van der Waals surface area contributed by atoms with E-state index in [-0.39, 0.29) is 13.2 Å². The van der Waals surface area contributed by atoms with Crippen molar-refractivity contribution in [2.45, 2.75) is 85.3 Å². The zero-order valence-electron chi connectivity index (χ0n) is 21.0. The molecule has 0 amide bonds. The first kappa shape index (κ1) is 29.9. The summed E-state index contributed by atoms with van der Waals surface area (Å²) in [6.07, 6.45) is 0.399. The van der Waals surface area contributed by atoms with E-state index in [0.717, 1.165) is 6.42 Å². The summed E-state index contributed by atoms with van der Waals surface area (Å²) in [4.78, 5) is 11.8. The molecule has 0 saturated heterocycles. The van der Waals surface area contributed by atoms with Crippen molar-refractivity contribution >= 4 is 40.0 Å². The number of ether oxygens (including phenoxy) is 2. The molecule has 1 unspecified atom stereocenters. The third-order valence-corrected chi connectivity index (χ3v) is 13.9. The molecule has 0 aliphatic heterocycles. The monoisotopic (exact) mass is 496 g/mol. The summed E-state index contributed by atoms with van der Waals surface area (Å²) in [6.45, 7) is 26.9. The van der Waals surface area contributed by atoms with Gasteiger partial charge in [0.2, 0.25) is 0 Å². The molecule has 0 aromatic carbocycles. The summed E-state index contributed by atoms with van der Waals surface area (Å²) < 4.78 is 37.0. The van der Waals surface area contributed by atoms with E-state index >= 15 is 0 Å². The smallest absolute Gasteiger partial charge is 0.459 e. The molecule has 0 aromatic rings. The zero-order valence-corrected chi connectivity index (χ0v) is 25.0. The van der Waals surface area contributed by atoms with Crippen LogP contribution in [0.25, 0.3) is 0 Å². The molecular formula is C19H44O7Si4. The number of hydrogen-bond donors (Lipinski definition) is 0. The molecular weight excluding hydrogens is 453 g/mol. The van der Waals surface area contributed by atoms with Crippen LogP contribution in [-0.4, -0.2) is 65.9 Å². The van der Waals surface area contributed by atoms with Crippen LogP contribution >= 0.6 is 0 Å². The molecule has 0 radical (unpaired) electrons. The van der Waals surface area contributed by atoms with Crippen molar-refractivity contribution in [1.29, 1.82) is 0 Å². The molecule has 0 aromatic heterocycles. The molecule has 0 heterocycles. The van der Waals surface area contributed by atoms with Crippen LogP contribution in [0.15, 0.2) is 12.2 Å². The van der Waals surface area contributed by atoms with Crippen molar-refractivity contribution in [3.8, 4) is 0 Å². The molecule has 0 rings (SSSR count). The number of hydrogen-bond acceptors (Lipinski definition) is 7. The van der Waals surface area contributed by atoms with E-state index in [9.17, 15) is 4.79 Å². The molecule has 0 saturated carbocycles. The minimum atomic E-state index is -3.43. The summed E-state index contributed by atoms with van der Waals surface area (Å²) in [5.74, 6) is -0.446. The maximum absolute atomic E-state index is 11.8. The summed E-state index contributed by atoms with van der Waals surface area (Å²) in [7, 11) is -9.58. The van der Waals surface area contributed by atoms with Gasteiger partial charge in [0.25, 0.3) is 0 Å². The highest BCUT2D eigenvalue weighted by Gasteiger charge is 2.54. The lowest BCUT2D eigenvalue weighted by molar-refractivity contribution is -0.144. The number of carbonyl (C=O) groups excluding carboxylic acids is 1. The summed E-state index contributed by atoms with van der Waals surface area (Å²) in [5.41, 5.74) is 0.347. The summed E-state index contributed by atoms with van der Waals surface area (Å²) >= 11 is 0. The van der Waals surface area contributed by atoms with Gasteiger partial charge in [-0.3, -0.25) is 0 Å². The van der Waals surface area contributed by atoms with Crippen LogP contribution in [0.2, 0.25) is 58.9 Å². The average Bonchev–Trinajstić information content (AvgIpc) is 2.48. The molecule has 0 N–H and O–H groups in total. The SMILES string of the molecule is C=C(C)C(=O)OCC(CO[Si](O[Si](C)(C)C)(O[Si](C)(C)C)O[Si](C)(C)C)OCCC. The molecule has 11 heteroatoms. The zero-order chi connectivity index (χ0) is 23.8. The fourth-order valence-corrected chi connectivity index (χ4v) is 13.9. The van der Waals surface area contributed by atoms with Crippen LogP contribution in [0.4, 0.5) is 0 Å².